The first-order valence-corrected chi connectivity index (χ1v) is 10.4. The Labute approximate surface area is 192 Å². The minimum atomic E-state index is -0.947. The van der Waals surface area contributed by atoms with Gasteiger partial charge in [-0.05, 0) is 42.0 Å². The van der Waals surface area contributed by atoms with E-state index in [1.807, 2.05) is 6.07 Å². The summed E-state index contributed by atoms with van der Waals surface area (Å²) in [4.78, 5) is 43.1. The molecule has 0 atom stereocenters. The molecule has 4 rings (SSSR count). The van der Waals surface area contributed by atoms with E-state index in [1.165, 1.54) is 42.5 Å². The molecule has 0 aliphatic heterocycles. The van der Waals surface area contributed by atoms with Crippen molar-refractivity contribution in [1.82, 2.24) is 24.6 Å². The van der Waals surface area contributed by atoms with E-state index >= 15 is 0 Å². The third kappa shape index (κ3) is 4.96. The number of hydrogen-bond donors (Lipinski definition) is 1. The van der Waals surface area contributed by atoms with Crippen molar-refractivity contribution in [2.24, 2.45) is 0 Å². The van der Waals surface area contributed by atoms with E-state index < -0.39 is 34.5 Å². The Morgan fingerprint density at radius 2 is 1.68 bits per heavy atom. The number of nitrogens with zero attached hydrogens (tertiary/aromatic N) is 4. The van der Waals surface area contributed by atoms with Crippen LogP contribution < -0.4 is 16.6 Å². The van der Waals surface area contributed by atoms with Crippen LogP contribution in [0.15, 0.2) is 82.5 Å². The van der Waals surface area contributed by atoms with E-state index in [0.717, 1.165) is 16.3 Å². The largest absolute Gasteiger partial charge is 0.352 e. The van der Waals surface area contributed by atoms with Gasteiger partial charge < -0.3 is 5.32 Å². The first-order chi connectivity index (χ1) is 16.4. The molecule has 0 saturated carbocycles. The maximum atomic E-state index is 14.4. The van der Waals surface area contributed by atoms with Crippen LogP contribution in [0.1, 0.15) is 21.7 Å². The maximum Gasteiger partial charge on any atom is 0.352 e. The number of carbonyl (C=O) groups excluding carboxylic acids is 1. The lowest BCUT2D eigenvalue weighted by Gasteiger charge is -2.13. The highest BCUT2D eigenvalue weighted by Gasteiger charge is 2.21. The van der Waals surface area contributed by atoms with Gasteiger partial charge in [-0.2, -0.15) is 9.78 Å². The van der Waals surface area contributed by atoms with E-state index in [1.54, 1.807) is 18.3 Å². The zero-order valence-corrected chi connectivity index (χ0v) is 17.8. The highest BCUT2D eigenvalue weighted by atomic mass is 19.1. The van der Waals surface area contributed by atoms with Crippen molar-refractivity contribution >= 4 is 5.91 Å². The van der Waals surface area contributed by atoms with Gasteiger partial charge >= 0.3 is 5.69 Å². The summed E-state index contributed by atoms with van der Waals surface area (Å²) < 4.78 is 29.2. The van der Waals surface area contributed by atoms with Crippen molar-refractivity contribution in [3.63, 3.8) is 0 Å². The monoisotopic (exact) mass is 463 g/mol. The van der Waals surface area contributed by atoms with Crippen molar-refractivity contribution in [2.75, 3.05) is 6.54 Å². The van der Waals surface area contributed by atoms with Crippen LogP contribution in [0.2, 0.25) is 0 Å². The van der Waals surface area contributed by atoms with Gasteiger partial charge in [-0.3, -0.25) is 19.1 Å². The minimum Gasteiger partial charge on any atom is -0.350 e. The van der Waals surface area contributed by atoms with Gasteiger partial charge in [-0.1, -0.05) is 30.3 Å². The van der Waals surface area contributed by atoms with Crippen molar-refractivity contribution in [2.45, 2.75) is 13.0 Å². The highest BCUT2D eigenvalue weighted by Crippen LogP contribution is 2.09. The molecule has 8 nitrogen and oxygen atoms in total. The van der Waals surface area contributed by atoms with Crippen LogP contribution in [0.25, 0.3) is 5.69 Å². The van der Waals surface area contributed by atoms with Gasteiger partial charge in [0.15, 0.2) is 0 Å². The third-order valence-corrected chi connectivity index (χ3v) is 5.00. The van der Waals surface area contributed by atoms with Gasteiger partial charge in [-0.25, -0.2) is 13.6 Å². The molecule has 1 amide bonds. The van der Waals surface area contributed by atoms with Gasteiger partial charge in [0.05, 0.1) is 6.54 Å². The first kappa shape index (κ1) is 22.7. The molecule has 1 N–H and O–H groups in total. The molecule has 0 unspecified atom stereocenters. The van der Waals surface area contributed by atoms with Crippen LogP contribution in [-0.4, -0.2) is 31.8 Å². The number of aromatic nitrogens is 4. The molecule has 2 heterocycles. The van der Waals surface area contributed by atoms with Crippen molar-refractivity contribution in [3.8, 4) is 5.69 Å². The zero-order chi connectivity index (χ0) is 24.1. The average Bonchev–Trinajstić information content (AvgIpc) is 2.84. The number of carbonyl (C=O) groups is 1. The Bertz CT molecular complexity index is 1430. The molecule has 0 fully saturated rings. The standard InChI is InChI=1S/C24H19F2N5O3/c25-17-10-8-16(9-11-17)15-30-23(33)21(22(32)28-14-12-18-5-3-4-13-27-18)29-31(24(30)34)20-7-2-1-6-19(20)26/h1-11,13H,12,14-15H2,(H,28,32). The lowest BCUT2D eigenvalue weighted by Crippen LogP contribution is -2.46. The quantitative estimate of drug-likeness (QED) is 0.453. The molecular formula is C24H19F2N5O3. The smallest absolute Gasteiger partial charge is 0.350 e. The predicted molar refractivity (Wildman–Crippen MR) is 120 cm³/mol. The fourth-order valence-electron chi connectivity index (χ4n) is 3.28. The second kappa shape index (κ2) is 9.99. The van der Waals surface area contributed by atoms with Crippen LogP contribution in [0, 0.1) is 11.6 Å². The summed E-state index contributed by atoms with van der Waals surface area (Å²) in [5.74, 6) is -2.06. The molecule has 0 bridgehead atoms. The summed E-state index contributed by atoms with van der Waals surface area (Å²) in [5, 5.41) is 6.47. The van der Waals surface area contributed by atoms with Crippen molar-refractivity contribution in [1.29, 1.82) is 0 Å². The maximum absolute atomic E-state index is 14.4. The normalized spacial score (nSPS) is 10.8. The van der Waals surface area contributed by atoms with Crippen molar-refractivity contribution < 1.29 is 13.6 Å². The van der Waals surface area contributed by atoms with E-state index in [9.17, 15) is 23.2 Å². The highest BCUT2D eigenvalue weighted by molar-refractivity contribution is 5.91. The second-order valence-electron chi connectivity index (χ2n) is 7.34. The Hall–Kier alpha value is -4.47. The molecule has 34 heavy (non-hydrogen) atoms. The number of para-hydroxylation sites is 1. The van der Waals surface area contributed by atoms with Crippen LogP contribution in [-0.2, 0) is 13.0 Å². The van der Waals surface area contributed by atoms with Crippen LogP contribution in [0.4, 0.5) is 8.78 Å². The molecular weight excluding hydrogens is 444 g/mol. The van der Waals surface area contributed by atoms with Crippen molar-refractivity contribution in [3.05, 3.63) is 122 Å². The van der Waals surface area contributed by atoms with Gasteiger partial charge in [-0.15, -0.1) is 0 Å². The Morgan fingerprint density at radius 1 is 0.941 bits per heavy atom. The fraction of sp³-hybridized carbons (Fsp3) is 0.125. The predicted octanol–water partition coefficient (Wildman–Crippen LogP) is 2.09. The Morgan fingerprint density at radius 3 is 2.38 bits per heavy atom. The Kier molecular flexibility index (Phi) is 6.67. The molecule has 2 aromatic carbocycles. The molecule has 0 radical (unpaired) electrons. The van der Waals surface area contributed by atoms with E-state index in [-0.39, 0.29) is 18.8 Å². The first-order valence-electron chi connectivity index (χ1n) is 10.4. The number of nitrogens with one attached hydrogen (secondary N) is 1. The average molecular weight is 463 g/mol. The lowest BCUT2D eigenvalue weighted by molar-refractivity contribution is 0.0944. The van der Waals surface area contributed by atoms with E-state index in [0.29, 0.717) is 16.7 Å². The summed E-state index contributed by atoms with van der Waals surface area (Å²) in [5.41, 5.74) is -1.51. The van der Waals surface area contributed by atoms with Crippen LogP contribution >= 0.6 is 0 Å². The summed E-state index contributed by atoms with van der Waals surface area (Å²) in [7, 11) is 0. The molecule has 0 saturated heterocycles. The molecule has 10 heteroatoms. The number of amides is 1. The lowest BCUT2D eigenvalue weighted by atomic mass is 10.2. The third-order valence-electron chi connectivity index (χ3n) is 5.00. The number of pyridine rings is 1. The summed E-state index contributed by atoms with van der Waals surface area (Å²) in [6.07, 6.45) is 2.03. The number of halogens is 2. The van der Waals surface area contributed by atoms with Crippen LogP contribution in [0.3, 0.4) is 0 Å². The number of hydrogen-bond acceptors (Lipinski definition) is 5. The molecule has 0 aliphatic rings. The number of benzene rings is 2. The zero-order valence-electron chi connectivity index (χ0n) is 17.8. The SMILES string of the molecule is O=C(NCCc1ccccn1)c1nn(-c2ccccc2F)c(=O)n(Cc2ccc(F)cc2)c1=O. The molecule has 0 spiro atoms. The topological polar surface area (TPSA) is 98.9 Å². The van der Waals surface area contributed by atoms with E-state index in [2.05, 4.69) is 15.4 Å². The summed E-state index contributed by atoms with van der Waals surface area (Å²) in [6.45, 7) is -0.100. The molecule has 4 aromatic rings. The minimum absolute atomic E-state index is 0.160. The molecule has 2 aromatic heterocycles. The van der Waals surface area contributed by atoms with Gasteiger partial charge in [0.1, 0.15) is 17.3 Å². The summed E-state index contributed by atoms with van der Waals surface area (Å²) in [6, 6.07) is 15.9. The number of rotatable bonds is 7. The van der Waals surface area contributed by atoms with Gasteiger partial charge in [0, 0.05) is 24.9 Å². The second-order valence-corrected chi connectivity index (χ2v) is 7.34. The van der Waals surface area contributed by atoms with Crippen LogP contribution in [0.5, 0.6) is 0 Å². The fourth-order valence-corrected chi connectivity index (χ4v) is 3.28. The Balaban J connectivity index is 1.72. The summed E-state index contributed by atoms with van der Waals surface area (Å²) >= 11 is 0. The molecule has 172 valence electrons. The van der Waals surface area contributed by atoms with Gasteiger partial charge in [0.25, 0.3) is 11.5 Å². The molecule has 0 aliphatic carbocycles. The van der Waals surface area contributed by atoms with E-state index in [4.69, 9.17) is 0 Å². The van der Waals surface area contributed by atoms with Gasteiger partial charge in [0.2, 0.25) is 5.69 Å².